The second-order valence-corrected chi connectivity index (χ2v) is 6.32. The minimum absolute atomic E-state index is 0.162. The zero-order valence-electron chi connectivity index (χ0n) is 12.2. The summed E-state index contributed by atoms with van der Waals surface area (Å²) in [6.45, 7) is 3.05. The predicted octanol–water partition coefficient (Wildman–Crippen LogP) is 2.79. The summed E-state index contributed by atoms with van der Waals surface area (Å²) in [5.41, 5.74) is 8.57. The van der Waals surface area contributed by atoms with Crippen LogP contribution in [0.5, 0.6) is 0 Å². The monoisotopic (exact) mass is 272 g/mol. The van der Waals surface area contributed by atoms with Crippen molar-refractivity contribution in [2.24, 2.45) is 11.7 Å². The van der Waals surface area contributed by atoms with Gasteiger partial charge in [0.2, 0.25) is 5.91 Å². The summed E-state index contributed by atoms with van der Waals surface area (Å²) in [5, 5.41) is 0. The molecule has 2 aliphatic rings. The molecule has 2 fully saturated rings. The second-order valence-electron chi connectivity index (χ2n) is 6.32. The Morgan fingerprint density at radius 1 is 1.25 bits per heavy atom. The Labute approximate surface area is 121 Å². The summed E-state index contributed by atoms with van der Waals surface area (Å²) in [7, 11) is 0. The van der Waals surface area contributed by atoms with Gasteiger partial charge in [-0.1, -0.05) is 24.3 Å². The van der Waals surface area contributed by atoms with Crippen LogP contribution in [0, 0.1) is 12.8 Å². The lowest BCUT2D eigenvalue weighted by molar-refractivity contribution is -0.136. The van der Waals surface area contributed by atoms with E-state index < -0.39 is 0 Å². The summed E-state index contributed by atoms with van der Waals surface area (Å²) in [6, 6.07) is 8.96. The van der Waals surface area contributed by atoms with Crippen LogP contribution in [0.1, 0.15) is 49.3 Å². The lowest BCUT2D eigenvalue weighted by Gasteiger charge is -2.28. The van der Waals surface area contributed by atoms with Crippen molar-refractivity contribution in [2.45, 2.75) is 51.1 Å². The van der Waals surface area contributed by atoms with E-state index in [1.807, 2.05) is 0 Å². The van der Waals surface area contributed by atoms with Gasteiger partial charge >= 0.3 is 0 Å². The number of likely N-dealkylation sites (tertiary alicyclic amines) is 1. The van der Waals surface area contributed by atoms with E-state index in [1.54, 1.807) is 0 Å². The molecular formula is C17H24N2O. The van der Waals surface area contributed by atoms with Crippen molar-refractivity contribution in [1.29, 1.82) is 0 Å². The molecule has 1 aromatic rings. The number of nitrogens with zero attached hydrogens (tertiary/aromatic N) is 1. The van der Waals surface area contributed by atoms with Gasteiger partial charge < -0.3 is 10.6 Å². The van der Waals surface area contributed by atoms with Gasteiger partial charge in [-0.3, -0.25) is 4.79 Å². The Morgan fingerprint density at radius 3 is 2.75 bits per heavy atom. The van der Waals surface area contributed by atoms with E-state index in [-0.39, 0.29) is 18.0 Å². The first-order chi connectivity index (χ1) is 9.66. The minimum atomic E-state index is 0.162. The van der Waals surface area contributed by atoms with Crippen LogP contribution in [-0.2, 0) is 4.79 Å². The predicted molar refractivity (Wildman–Crippen MR) is 80.2 cm³/mol. The molecule has 1 saturated carbocycles. The number of rotatable bonds is 2. The van der Waals surface area contributed by atoms with Gasteiger partial charge in [-0.15, -0.1) is 0 Å². The van der Waals surface area contributed by atoms with Crippen molar-refractivity contribution >= 4 is 5.91 Å². The normalized spacial score (nSPS) is 29.9. The van der Waals surface area contributed by atoms with Gasteiger partial charge in [-0.2, -0.15) is 0 Å². The fourth-order valence-electron chi connectivity index (χ4n) is 3.79. The average Bonchev–Trinajstić information content (AvgIpc) is 3.07. The smallest absolute Gasteiger partial charge is 0.226 e. The molecular weight excluding hydrogens is 248 g/mol. The van der Waals surface area contributed by atoms with E-state index in [0.717, 1.165) is 38.6 Å². The summed E-state index contributed by atoms with van der Waals surface area (Å²) >= 11 is 0. The lowest BCUT2D eigenvalue weighted by Crippen LogP contribution is -2.35. The van der Waals surface area contributed by atoms with Crippen LogP contribution in [0.25, 0.3) is 0 Å². The minimum Gasteiger partial charge on any atom is -0.335 e. The molecule has 0 bridgehead atoms. The number of hydrogen-bond donors (Lipinski definition) is 1. The fourth-order valence-corrected chi connectivity index (χ4v) is 3.79. The zero-order chi connectivity index (χ0) is 14.1. The molecule has 1 heterocycles. The number of hydrogen-bond acceptors (Lipinski definition) is 2. The molecule has 0 radical (unpaired) electrons. The Bertz CT molecular complexity index is 500. The van der Waals surface area contributed by atoms with Crippen molar-refractivity contribution in [3.63, 3.8) is 0 Å². The topological polar surface area (TPSA) is 46.3 Å². The first-order valence-corrected chi connectivity index (χ1v) is 7.78. The maximum atomic E-state index is 12.8. The Morgan fingerprint density at radius 2 is 2.05 bits per heavy atom. The van der Waals surface area contributed by atoms with Crippen molar-refractivity contribution in [2.75, 3.05) is 6.54 Å². The molecule has 1 aliphatic carbocycles. The van der Waals surface area contributed by atoms with E-state index >= 15 is 0 Å². The van der Waals surface area contributed by atoms with E-state index in [4.69, 9.17) is 5.73 Å². The third-order valence-electron chi connectivity index (χ3n) is 4.91. The van der Waals surface area contributed by atoms with Gasteiger partial charge in [0.25, 0.3) is 0 Å². The van der Waals surface area contributed by atoms with Gasteiger partial charge in [0, 0.05) is 18.5 Å². The van der Waals surface area contributed by atoms with E-state index in [1.165, 1.54) is 11.1 Å². The molecule has 1 aliphatic heterocycles. The van der Waals surface area contributed by atoms with Crippen LogP contribution in [0.4, 0.5) is 0 Å². The molecule has 1 saturated heterocycles. The SMILES string of the molecule is Cc1ccccc1C1CCCN1C(=O)C1CCC(N)C1. The third kappa shape index (κ3) is 2.47. The molecule has 3 atom stereocenters. The molecule has 3 unspecified atom stereocenters. The maximum absolute atomic E-state index is 12.8. The molecule has 3 heteroatoms. The van der Waals surface area contributed by atoms with Crippen molar-refractivity contribution in [3.05, 3.63) is 35.4 Å². The molecule has 1 amide bonds. The first kappa shape index (κ1) is 13.6. The Balaban J connectivity index is 1.79. The molecule has 2 N–H and O–H groups in total. The Kier molecular flexibility index (Phi) is 3.79. The van der Waals surface area contributed by atoms with Gasteiger partial charge in [-0.25, -0.2) is 0 Å². The van der Waals surface area contributed by atoms with Crippen LogP contribution in [-0.4, -0.2) is 23.4 Å². The summed E-state index contributed by atoms with van der Waals surface area (Å²) < 4.78 is 0. The number of benzene rings is 1. The van der Waals surface area contributed by atoms with Crippen molar-refractivity contribution < 1.29 is 4.79 Å². The molecule has 3 rings (SSSR count). The fraction of sp³-hybridized carbons (Fsp3) is 0.588. The molecule has 0 aromatic heterocycles. The number of carbonyl (C=O) groups excluding carboxylic acids is 1. The molecule has 0 spiro atoms. The highest BCUT2D eigenvalue weighted by atomic mass is 16.2. The lowest BCUT2D eigenvalue weighted by atomic mass is 9.98. The van der Waals surface area contributed by atoms with Crippen LogP contribution >= 0.6 is 0 Å². The van der Waals surface area contributed by atoms with Gasteiger partial charge in [-0.05, 0) is 50.2 Å². The van der Waals surface area contributed by atoms with Crippen molar-refractivity contribution in [1.82, 2.24) is 4.90 Å². The molecule has 108 valence electrons. The Hall–Kier alpha value is -1.35. The first-order valence-electron chi connectivity index (χ1n) is 7.78. The molecule has 1 aromatic carbocycles. The number of carbonyl (C=O) groups is 1. The highest BCUT2D eigenvalue weighted by molar-refractivity contribution is 5.80. The van der Waals surface area contributed by atoms with Gasteiger partial charge in [0.05, 0.1) is 6.04 Å². The van der Waals surface area contributed by atoms with Crippen LogP contribution in [0.15, 0.2) is 24.3 Å². The van der Waals surface area contributed by atoms with Crippen LogP contribution in [0.3, 0.4) is 0 Å². The number of amides is 1. The summed E-state index contributed by atoms with van der Waals surface area (Å²) in [4.78, 5) is 14.9. The third-order valence-corrected chi connectivity index (χ3v) is 4.91. The highest BCUT2D eigenvalue weighted by Gasteiger charge is 2.37. The average molecular weight is 272 g/mol. The molecule has 3 nitrogen and oxygen atoms in total. The largest absolute Gasteiger partial charge is 0.335 e. The number of aryl methyl sites for hydroxylation is 1. The summed E-state index contributed by atoms with van der Waals surface area (Å²) in [6.07, 6.45) is 5.05. The van der Waals surface area contributed by atoms with E-state index in [2.05, 4.69) is 36.1 Å². The van der Waals surface area contributed by atoms with Gasteiger partial charge in [0.1, 0.15) is 0 Å². The quantitative estimate of drug-likeness (QED) is 0.900. The highest BCUT2D eigenvalue weighted by Crippen LogP contribution is 2.37. The van der Waals surface area contributed by atoms with E-state index in [0.29, 0.717) is 5.91 Å². The zero-order valence-corrected chi connectivity index (χ0v) is 12.2. The molecule has 20 heavy (non-hydrogen) atoms. The second kappa shape index (κ2) is 5.57. The number of nitrogens with two attached hydrogens (primary N) is 1. The summed E-state index contributed by atoms with van der Waals surface area (Å²) in [5.74, 6) is 0.498. The van der Waals surface area contributed by atoms with Crippen LogP contribution < -0.4 is 5.73 Å². The van der Waals surface area contributed by atoms with Crippen LogP contribution in [0.2, 0.25) is 0 Å². The maximum Gasteiger partial charge on any atom is 0.226 e. The van der Waals surface area contributed by atoms with Crippen molar-refractivity contribution in [3.8, 4) is 0 Å². The van der Waals surface area contributed by atoms with E-state index in [9.17, 15) is 4.79 Å². The van der Waals surface area contributed by atoms with Gasteiger partial charge in [0.15, 0.2) is 0 Å². The standard InChI is InChI=1S/C17H24N2O/c1-12-5-2-3-6-15(12)16-7-4-10-19(16)17(20)13-8-9-14(18)11-13/h2-3,5-6,13-14,16H,4,7-11,18H2,1H3.